The Kier molecular flexibility index (Phi) is 9.52. The third kappa shape index (κ3) is 8.20. The van der Waals surface area contributed by atoms with Crippen LogP contribution in [0.15, 0.2) is 12.7 Å². The standard InChI is InChI=1S/C13H24N2O4/c1-4-6-15(7-8-19-3)13(18)14-10-11(5-2)9-12(16)17/h4,11H,1,5-10H2,2-3H3,(H,14,18)(H,16,17). The molecule has 0 aromatic carbocycles. The van der Waals surface area contributed by atoms with E-state index in [4.69, 9.17) is 9.84 Å². The molecule has 0 aromatic rings. The third-order valence-corrected chi connectivity index (χ3v) is 2.78. The average Bonchev–Trinajstić information content (AvgIpc) is 2.38. The average molecular weight is 272 g/mol. The molecule has 0 bridgehead atoms. The van der Waals surface area contributed by atoms with Crippen LogP contribution in [0.1, 0.15) is 19.8 Å². The van der Waals surface area contributed by atoms with Crippen LogP contribution in [0.3, 0.4) is 0 Å². The molecule has 0 aliphatic carbocycles. The van der Waals surface area contributed by atoms with Crippen molar-refractivity contribution in [3.63, 3.8) is 0 Å². The molecule has 6 heteroatoms. The van der Waals surface area contributed by atoms with E-state index in [2.05, 4.69) is 11.9 Å². The maximum Gasteiger partial charge on any atom is 0.317 e. The molecule has 19 heavy (non-hydrogen) atoms. The van der Waals surface area contributed by atoms with Crippen molar-refractivity contribution in [3.05, 3.63) is 12.7 Å². The van der Waals surface area contributed by atoms with Gasteiger partial charge in [-0.05, 0) is 5.92 Å². The Morgan fingerprint density at radius 2 is 2.21 bits per heavy atom. The zero-order chi connectivity index (χ0) is 14.7. The molecule has 0 aromatic heterocycles. The van der Waals surface area contributed by atoms with Crippen molar-refractivity contribution in [2.24, 2.45) is 5.92 Å². The van der Waals surface area contributed by atoms with E-state index in [0.29, 0.717) is 32.7 Å². The summed E-state index contributed by atoms with van der Waals surface area (Å²) in [7, 11) is 1.57. The first kappa shape index (κ1) is 17.4. The van der Waals surface area contributed by atoms with Crippen LogP contribution in [0, 0.1) is 5.92 Å². The van der Waals surface area contributed by atoms with Gasteiger partial charge in [0, 0.05) is 33.2 Å². The van der Waals surface area contributed by atoms with Gasteiger partial charge in [0.1, 0.15) is 0 Å². The predicted octanol–water partition coefficient (Wildman–Crippen LogP) is 1.33. The molecule has 2 N–H and O–H groups in total. The number of aliphatic carboxylic acids is 1. The molecule has 1 atom stereocenters. The van der Waals surface area contributed by atoms with Gasteiger partial charge in [-0.15, -0.1) is 6.58 Å². The van der Waals surface area contributed by atoms with E-state index in [0.717, 1.165) is 0 Å². The van der Waals surface area contributed by atoms with E-state index < -0.39 is 5.97 Å². The van der Waals surface area contributed by atoms with Crippen molar-refractivity contribution in [3.8, 4) is 0 Å². The van der Waals surface area contributed by atoms with Gasteiger partial charge in [0.05, 0.1) is 6.61 Å². The Balaban J connectivity index is 4.21. The smallest absolute Gasteiger partial charge is 0.317 e. The monoisotopic (exact) mass is 272 g/mol. The number of hydrogen-bond acceptors (Lipinski definition) is 3. The highest BCUT2D eigenvalue weighted by atomic mass is 16.5. The molecule has 6 nitrogen and oxygen atoms in total. The fourth-order valence-electron chi connectivity index (χ4n) is 1.58. The molecule has 0 aliphatic rings. The number of amides is 2. The predicted molar refractivity (Wildman–Crippen MR) is 73.1 cm³/mol. The minimum absolute atomic E-state index is 0.0468. The number of hydrogen-bond donors (Lipinski definition) is 2. The zero-order valence-electron chi connectivity index (χ0n) is 11.7. The second-order valence-electron chi connectivity index (χ2n) is 4.29. The molecule has 0 saturated heterocycles. The molecule has 110 valence electrons. The van der Waals surface area contributed by atoms with Crippen LogP contribution in [-0.2, 0) is 9.53 Å². The van der Waals surface area contributed by atoms with Crippen molar-refractivity contribution in [1.29, 1.82) is 0 Å². The number of carbonyl (C=O) groups excluding carboxylic acids is 1. The van der Waals surface area contributed by atoms with Crippen LogP contribution in [-0.4, -0.2) is 55.4 Å². The number of rotatable bonds is 10. The first-order valence-corrected chi connectivity index (χ1v) is 6.39. The van der Waals surface area contributed by atoms with E-state index in [1.54, 1.807) is 18.1 Å². The lowest BCUT2D eigenvalue weighted by molar-refractivity contribution is -0.138. The normalized spacial score (nSPS) is 11.7. The van der Waals surface area contributed by atoms with Crippen LogP contribution in [0.4, 0.5) is 4.79 Å². The summed E-state index contributed by atoms with van der Waals surface area (Å²) in [6.45, 7) is 7.24. The molecule has 0 spiro atoms. The largest absolute Gasteiger partial charge is 0.481 e. The highest BCUT2D eigenvalue weighted by Crippen LogP contribution is 2.06. The molecule has 1 unspecified atom stereocenters. The van der Waals surface area contributed by atoms with Crippen molar-refractivity contribution < 1.29 is 19.4 Å². The Morgan fingerprint density at radius 3 is 2.68 bits per heavy atom. The van der Waals surface area contributed by atoms with Gasteiger partial charge in [-0.25, -0.2) is 4.79 Å². The molecular weight excluding hydrogens is 248 g/mol. The molecule has 0 saturated carbocycles. The van der Waals surface area contributed by atoms with Crippen LogP contribution >= 0.6 is 0 Å². The first-order valence-electron chi connectivity index (χ1n) is 6.39. The van der Waals surface area contributed by atoms with Gasteiger partial charge in [0.25, 0.3) is 0 Å². The summed E-state index contributed by atoms with van der Waals surface area (Å²) < 4.78 is 4.93. The van der Waals surface area contributed by atoms with Crippen LogP contribution in [0.25, 0.3) is 0 Å². The number of nitrogens with zero attached hydrogens (tertiary/aromatic N) is 1. The second kappa shape index (κ2) is 10.4. The van der Waals surface area contributed by atoms with Gasteiger partial charge in [-0.1, -0.05) is 19.4 Å². The lowest BCUT2D eigenvalue weighted by Crippen LogP contribution is -2.43. The Hall–Kier alpha value is -1.56. The highest BCUT2D eigenvalue weighted by Gasteiger charge is 2.15. The second-order valence-corrected chi connectivity index (χ2v) is 4.29. The Morgan fingerprint density at radius 1 is 1.53 bits per heavy atom. The van der Waals surface area contributed by atoms with Gasteiger partial charge < -0.3 is 20.1 Å². The summed E-state index contributed by atoms with van der Waals surface area (Å²) in [5.74, 6) is -0.891. The van der Waals surface area contributed by atoms with Gasteiger partial charge >= 0.3 is 12.0 Å². The summed E-state index contributed by atoms with van der Waals surface area (Å²) in [6.07, 6.45) is 2.42. The van der Waals surface area contributed by atoms with Gasteiger partial charge in [-0.3, -0.25) is 4.79 Å². The van der Waals surface area contributed by atoms with Crippen molar-refractivity contribution in [2.45, 2.75) is 19.8 Å². The molecule has 0 rings (SSSR count). The molecule has 0 radical (unpaired) electrons. The van der Waals surface area contributed by atoms with E-state index in [-0.39, 0.29) is 18.4 Å². The van der Waals surface area contributed by atoms with Crippen molar-refractivity contribution >= 4 is 12.0 Å². The third-order valence-electron chi connectivity index (χ3n) is 2.78. The number of nitrogens with one attached hydrogen (secondary N) is 1. The maximum atomic E-state index is 11.9. The minimum Gasteiger partial charge on any atom is -0.481 e. The van der Waals surface area contributed by atoms with Crippen molar-refractivity contribution in [1.82, 2.24) is 10.2 Å². The lowest BCUT2D eigenvalue weighted by Gasteiger charge is -2.22. The number of carboxylic acid groups (broad SMARTS) is 1. The molecular formula is C13H24N2O4. The van der Waals surface area contributed by atoms with Crippen LogP contribution in [0.5, 0.6) is 0 Å². The van der Waals surface area contributed by atoms with E-state index >= 15 is 0 Å². The molecule has 0 fully saturated rings. The zero-order valence-corrected chi connectivity index (χ0v) is 11.7. The summed E-state index contributed by atoms with van der Waals surface area (Å²) in [4.78, 5) is 24.1. The van der Waals surface area contributed by atoms with Gasteiger partial charge in [-0.2, -0.15) is 0 Å². The number of ether oxygens (including phenoxy) is 1. The SMILES string of the molecule is C=CCN(CCOC)C(=O)NCC(CC)CC(=O)O. The summed E-state index contributed by atoms with van der Waals surface area (Å²) >= 11 is 0. The highest BCUT2D eigenvalue weighted by molar-refractivity contribution is 5.74. The quantitative estimate of drug-likeness (QED) is 0.588. The molecule has 0 heterocycles. The first-order chi connectivity index (χ1) is 9.04. The van der Waals surface area contributed by atoms with E-state index in [1.807, 2.05) is 6.92 Å². The number of methoxy groups -OCH3 is 1. The van der Waals surface area contributed by atoms with E-state index in [9.17, 15) is 9.59 Å². The Labute approximate surface area is 114 Å². The number of carbonyl (C=O) groups is 2. The molecule has 2 amide bonds. The number of urea groups is 1. The fourth-order valence-corrected chi connectivity index (χ4v) is 1.58. The maximum absolute atomic E-state index is 11.9. The van der Waals surface area contributed by atoms with Crippen LogP contribution in [0.2, 0.25) is 0 Å². The molecule has 0 aliphatic heterocycles. The van der Waals surface area contributed by atoms with Crippen molar-refractivity contribution in [2.75, 3.05) is 33.4 Å². The summed E-state index contributed by atoms with van der Waals surface area (Å²) in [6, 6.07) is -0.221. The summed E-state index contributed by atoms with van der Waals surface area (Å²) in [5, 5.41) is 11.5. The fraction of sp³-hybridized carbons (Fsp3) is 0.692. The number of carboxylic acids is 1. The lowest BCUT2D eigenvalue weighted by atomic mass is 10.0. The van der Waals surface area contributed by atoms with Gasteiger partial charge in [0.2, 0.25) is 0 Å². The Bertz CT molecular complexity index is 294. The minimum atomic E-state index is -0.844. The van der Waals surface area contributed by atoms with E-state index in [1.165, 1.54) is 0 Å². The topological polar surface area (TPSA) is 78.9 Å². The van der Waals surface area contributed by atoms with Gasteiger partial charge in [0.15, 0.2) is 0 Å². The van der Waals surface area contributed by atoms with Crippen LogP contribution < -0.4 is 5.32 Å². The summed E-state index contributed by atoms with van der Waals surface area (Å²) in [5.41, 5.74) is 0.